The van der Waals surface area contributed by atoms with Crippen molar-refractivity contribution in [3.8, 4) is 0 Å². The molecule has 7 rings (SSSR count). The van der Waals surface area contributed by atoms with Crippen molar-refractivity contribution in [1.82, 2.24) is 0 Å². The van der Waals surface area contributed by atoms with Crippen molar-refractivity contribution in [1.29, 1.82) is 0 Å². The summed E-state index contributed by atoms with van der Waals surface area (Å²) in [5.74, 6) is 4.14. The zero-order valence-corrected chi connectivity index (χ0v) is 31.3. The Bertz CT molecular complexity index is 994. The van der Waals surface area contributed by atoms with Gasteiger partial charge in [0.15, 0.2) is 0 Å². The van der Waals surface area contributed by atoms with Crippen molar-refractivity contribution in [2.24, 2.45) is 23.7 Å². The predicted octanol–water partition coefficient (Wildman–Crippen LogP) is 15.6. The Morgan fingerprint density at radius 2 is 0.644 bits per heavy atom. The second kappa shape index (κ2) is 23.5. The Hall–Kier alpha value is -1.76. The third kappa shape index (κ3) is 16.6. The summed E-state index contributed by atoms with van der Waals surface area (Å²) in [5, 5.41) is 2.43. The van der Waals surface area contributed by atoms with Crippen LogP contribution in [0.1, 0.15) is 181 Å². The summed E-state index contributed by atoms with van der Waals surface area (Å²) in [5.41, 5.74) is 4.49. The topological polar surface area (TPSA) is 13.1 Å². The lowest BCUT2D eigenvalue weighted by Crippen LogP contribution is -1.99. The fourth-order valence-electron chi connectivity index (χ4n) is 7.23. The molecule has 0 radical (unpaired) electrons. The van der Waals surface area contributed by atoms with Crippen molar-refractivity contribution in [2.45, 2.75) is 184 Å². The van der Waals surface area contributed by atoms with E-state index in [0.717, 1.165) is 34.8 Å². The van der Waals surface area contributed by atoms with Crippen molar-refractivity contribution in [3.63, 3.8) is 0 Å². The zero-order valence-electron chi connectivity index (χ0n) is 31.3. The Kier molecular flexibility index (Phi) is 20.6. The van der Waals surface area contributed by atoms with Crippen molar-refractivity contribution >= 4 is 21.9 Å². The summed E-state index contributed by atoms with van der Waals surface area (Å²) in [6.07, 6.45) is 29.7. The Morgan fingerprint density at radius 1 is 0.400 bits per heavy atom. The molecule has 1 nitrogen and oxygen atoms in total. The summed E-state index contributed by atoms with van der Waals surface area (Å²) in [6.45, 7) is 17.7. The molecule has 0 bridgehead atoms. The SMILES string of the molecule is CC.CC1CCCCC1.CC1CCCCC1.CC1CCCCC1.CC1CCCCC1.Cc1ccc2oc3ccc(C)cc3c2c1. The second-order valence-electron chi connectivity index (χ2n) is 15.1. The van der Waals surface area contributed by atoms with Crippen LogP contribution in [0, 0.1) is 37.5 Å². The van der Waals surface area contributed by atoms with E-state index in [-0.39, 0.29) is 0 Å². The molecule has 4 saturated carbocycles. The molecule has 4 aliphatic rings. The quantitative estimate of drug-likeness (QED) is 0.244. The average Bonchev–Trinajstić information content (AvgIpc) is 3.42. The van der Waals surface area contributed by atoms with Crippen molar-refractivity contribution in [2.75, 3.05) is 0 Å². The highest BCUT2D eigenvalue weighted by atomic mass is 16.3. The molecule has 4 aliphatic carbocycles. The lowest BCUT2D eigenvalue weighted by molar-refractivity contribution is 0.385. The zero-order chi connectivity index (χ0) is 32.9. The molecule has 0 amide bonds. The number of hydrogen-bond donors (Lipinski definition) is 0. The molecule has 3 aromatic rings. The number of rotatable bonds is 0. The van der Waals surface area contributed by atoms with Gasteiger partial charge in [-0.25, -0.2) is 0 Å². The molecule has 0 N–H and O–H groups in total. The number of aryl methyl sites for hydroxylation is 2. The van der Waals surface area contributed by atoms with Gasteiger partial charge in [-0.1, -0.05) is 193 Å². The third-order valence-electron chi connectivity index (χ3n) is 10.4. The molecule has 256 valence electrons. The fourth-order valence-corrected chi connectivity index (χ4v) is 7.23. The maximum atomic E-state index is 5.76. The van der Waals surface area contributed by atoms with Crippen LogP contribution in [0.4, 0.5) is 0 Å². The highest BCUT2D eigenvalue weighted by Crippen LogP contribution is 2.30. The number of furan rings is 1. The van der Waals surface area contributed by atoms with Gasteiger partial charge in [0.05, 0.1) is 0 Å². The molecule has 1 aromatic heterocycles. The Balaban J connectivity index is 0.000000203. The standard InChI is InChI=1S/C14H12O.4C7H14.C2H6/c1-9-3-5-13-11(7-9)12-8-10(2)4-6-14(12)15-13;4*1-7-5-3-2-4-6-7;1-2/h3-8H,1-2H3;4*7H,2-6H2,1H3;1-2H3. The van der Waals surface area contributed by atoms with E-state index in [4.69, 9.17) is 4.42 Å². The number of fused-ring (bicyclic) bond motifs is 3. The van der Waals surface area contributed by atoms with Gasteiger partial charge in [0, 0.05) is 10.8 Å². The van der Waals surface area contributed by atoms with E-state index in [1.54, 1.807) is 0 Å². The van der Waals surface area contributed by atoms with Crippen molar-refractivity contribution in [3.05, 3.63) is 47.5 Å². The first-order valence-corrected chi connectivity index (χ1v) is 19.7. The molecule has 1 heterocycles. The summed E-state index contributed by atoms with van der Waals surface area (Å²) in [6, 6.07) is 12.6. The average molecular weight is 619 g/mol. The van der Waals surface area contributed by atoms with Crippen LogP contribution in [0.3, 0.4) is 0 Å². The largest absolute Gasteiger partial charge is 0.456 e. The summed E-state index contributed by atoms with van der Waals surface area (Å²) in [4.78, 5) is 0. The lowest BCUT2D eigenvalue weighted by Gasteiger charge is -2.15. The van der Waals surface area contributed by atoms with Crippen LogP contribution in [0.25, 0.3) is 21.9 Å². The summed E-state index contributed by atoms with van der Waals surface area (Å²) < 4.78 is 5.76. The van der Waals surface area contributed by atoms with Crippen LogP contribution in [0.15, 0.2) is 40.8 Å². The van der Waals surface area contributed by atoms with Gasteiger partial charge in [-0.2, -0.15) is 0 Å². The van der Waals surface area contributed by atoms with Gasteiger partial charge in [-0.15, -0.1) is 0 Å². The summed E-state index contributed by atoms with van der Waals surface area (Å²) in [7, 11) is 0. The van der Waals surface area contributed by atoms with Crippen molar-refractivity contribution < 1.29 is 4.42 Å². The molecule has 0 spiro atoms. The number of benzene rings is 2. The van der Waals surface area contributed by atoms with Crippen LogP contribution in [-0.4, -0.2) is 0 Å². The smallest absolute Gasteiger partial charge is 0.135 e. The van der Waals surface area contributed by atoms with E-state index in [1.165, 1.54) is 150 Å². The van der Waals surface area contributed by atoms with Gasteiger partial charge >= 0.3 is 0 Å². The van der Waals surface area contributed by atoms with Gasteiger partial charge < -0.3 is 4.42 Å². The van der Waals surface area contributed by atoms with Crippen LogP contribution >= 0.6 is 0 Å². The first-order valence-electron chi connectivity index (χ1n) is 19.7. The van der Waals surface area contributed by atoms with Crippen LogP contribution in [-0.2, 0) is 0 Å². The minimum absolute atomic E-state index is 0.973. The van der Waals surface area contributed by atoms with E-state index in [1.807, 2.05) is 26.0 Å². The van der Waals surface area contributed by atoms with E-state index < -0.39 is 0 Å². The lowest BCUT2D eigenvalue weighted by atomic mass is 9.91. The third-order valence-corrected chi connectivity index (χ3v) is 10.4. The normalized spacial score (nSPS) is 19.6. The van der Waals surface area contributed by atoms with Gasteiger partial charge in [-0.3, -0.25) is 0 Å². The first-order chi connectivity index (χ1) is 21.8. The highest BCUT2D eigenvalue weighted by Gasteiger charge is 2.09. The molecule has 4 fully saturated rings. The predicted molar refractivity (Wildman–Crippen MR) is 204 cm³/mol. The second-order valence-corrected chi connectivity index (χ2v) is 15.1. The van der Waals surface area contributed by atoms with E-state index in [9.17, 15) is 0 Å². The fraction of sp³-hybridized carbons (Fsp3) is 0.727. The van der Waals surface area contributed by atoms with E-state index >= 15 is 0 Å². The molecule has 45 heavy (non-hydrogen) atoms. The van der Waals surface area contributed by atoms with Crippen LogP contribution in [0.2, 0.25) is 0 Å². The molecular formula is C44H74O. The van der Waals surface area contributed by atoms with E-state index in [0.29, 0.717) is 0 Å². The monoisotopic (exact) mass is 619 g/mol. The van der Waals surface area contributed by atoms with Gasteiger partial charge in [0.2, 0.25) is 0 Å². The first kappa shape index (κ1) is 39.4. The Labute approximate surface area is 280 Å². The minimum atomic E-state index is 0.973. The van der Waals surface area contributed by atoms with Crippen LogP contribution < -0.4 is 0 Å². The molecule has 1 heteroatoms. The maximum Gasteiger partial charge on any atom is 0.135 e. The van der Waals surface area contributed by atoms with Gasteiger partial charge in [0.25, 0.3) is 0 Å². The Morgan fingerprint density at radius 3 is 0.844 bits per heavy atom. The highest BCUT2D eigenvalue weighted by molar-refractivity contribution is 6.05. The molecular weight excluding hydrogens is 544 g/mol. The minimum Gasteiger partial charge on any atom is -0.456 e. The van der Waals surface area contributed by atoms with Crippen LogP contribution in [0.5, 0.6) is 0 Å². The molecule has 2 aromatic carbocycles. The van der Waals surface area contributed by atoms with Gasteiger partial charge in [0.1, 0.15) is 11.2 Å². The molecule has 0 unspecified atom stereocenters. The molecule has 0 saturated heterocycles. The summed E-state index contributed by atoms with van der Waals surface area (Å²) >= 11 is 0. The molecule has 0 aliphatic heterocycles. The van der Waals surface area contributed by atoms with Gasteiger partial charge in [-0.05, 0) is 61.8 Å². The molecule has 0 atom stereocenters. The number of hydrogen-bond acceptors (Lipinski definition) is 1. The van der Waals surface area contributed by atoms with E-state index in [2.05, 4.69) is 65.8 Å². The maximum absolute atomic E-state index is 5.76.